The molecule has 0 fully saturated rings. The summed E-state index contributed by atoms with van der Waals surface area (Å²) in [5.41, 5.74) is 7.21. The van der Waals surface area contributed by atoms with Crippen molar-refractivity contribution >= 4 is 64.0 Å². The number of benzene rings is 2. The average molecular weight is 561 g/mol. The van der Waals surface area contributed by atoms with Gasteiger partial charge in [0, 0.05) is 16.9 Å². The SMILES string of the molecule is CCOC(=O)C=C(CCCCSC(=N)N)c1ccc(Oc2ccc(Cl)cc2)cc1.I. The quantitative estimate of drug-likeness (QED) is 0.0866. The first kappa shape index (κ1) is 26.3. The molecule has 0 aliphatic rings. The highest BCUT2D eigenvalue weighted by atomic mass is 127. The van der Waals surface area contributed by atoms with Crippen LogP contribution in [-0.2, 0) is 9.53 Å². The Hall–Kier alpha value is -1.71. The number of esters is 1. The molecule has 30 heavy (non-hydrogen) atoms. The van der Waals surface area contributed by atoms with Crippen molar-refractivity contribution in [2.24, 2.45) is 5.73 Å². The highest BCUT2D eigenvalue weighted by molar-refractivity contribution is 14.0. The summed E-state index contributed by atoms with van der Waals surface area (Å²) in [5, 5.41) is 8.03. The molecule has 0 saturated carbocycles. The maximum Gasteiger partial charge on any atom is 0.331 e. The Labute approximate surface area is 203 Å². The first-order valence-electron chi connectivity index (χ1n) is 9.36. The van der Waals surface area contributed by atoms with Gasteiger partial charge in [0.05, 0.1) is 6.61 Å². The molecule has 0 aromatic heterocycles. The van der Waals surface area contributed by atoms with Crippen LogP contribution in [0.5, 0.6) is 11.5 Å². The van der Waals surface area contributed by atoms with Gasteiger partial charge in [-0.3, -0.25) is 5.41 Å². The maximum absolute atomic E-state index is 12.0. The molecule has 0 aliphatic heterocycles. The standard InChI is InChI=1S/C22H25ClN2O3S.HI/c1-2-27-21(26)15-17(5-3-4-14-29-22(24)25)16-6-10-19(11-7-16)28-20-12-8-18(23)9-13-20;/h6-13,15H,2-5,14H2,1H3,(H3,24,25);1H. The molecular weight excluding hydrogens is 535 g/mol. The van der Waals surface area contributed by atoms with Gasteiger partial charge in [0.2, 0.25) is 0 Å². The summed E-state index contributed by atoms with van der Waals surface area (Å²) in [6, 6.07) is 14.8. The van der Waals surface area contributed by atoms with Crippen LogP contribution >= 0.6 is 47.3 Å². The summed E-state index contributed by atoms with van der Waals surface area (Å²) in [6.45, 7) is 2.12. The topological polar surface area (TPSA) is 85.4 Å². The fourth-order valence-corrected chi connectivity index (χ4v) is 3.30. The van der Waals surface area contributed by atoms with Crippen molar-refractivity contribution in [2.75, 3.05) is 12.4 Å². The summed E-state index contributed by atoms with van der Waals surface area (Å²) in [5.74, 6) is 1.84. The molecule has 0 unspecified atom stereocenters. The lowest BCUT2D eigenvalue weighted by Crippen LogP contribution is -2.04. The van der Waals surface area contributed by atoms with Crippen LogP contribution in [0.4, 0.5) is 0 Å². The number of halogens is 2. The maximum atomic E-state index is 12.0. The molecule has 3 N–H and O–H groups in total. The van der Waals surface area contributed by atoms with Gasteiger partial charge in [-0.1, -0.05) is 35.5 Å². The van der Waals surface area contributed by atoms with Crippen molar-refractivity contribution in [2.45, 2.75) is 26.2 Å². The number of unbranched alkanes of at least 4 members (excludes halogenated alkanes) is 1. The monoisotopic (exact) mass is 560 g/mol. The molecule has 0 spiro atoms. The molecule has 2 aromatic carbocycles. The van der Waals surface area contributed by atoms with Gasteiger partial charge in [-0.25, -0.2) is 4.79 Å². The van der Waals surface area contributed by atoms with E-state index in [1.54, 1.807) is 37.3 Å². The van der Waals surface area contributed by atoms with E-state index in [0.29, 0.717) is 23.1 Å². The summed E-state index contributed by atoms with van der Waals surface area (Å²) in [6.07, 6.45) is 4.07. The summed E-state index contributed by atoms with van der Waals surface area (Å²) < 4.78 is 10.9. The highest BCUT2D eigenvalue weighted by Gasteiger charge is 2.07. The number of hydrogen-bond acceptors (Lipinski definition) is 5. The zero-order valence-electron chi connectivity index (χ0n) is 16.7. The van der Waals surface area contributed by atoms with E-state index in [9.17, 15) is 4.79 Å². The van der Waals surface area contributed by atoms with Crippen LogP contribution in [0, 0.1) is 5.41 Å². The van der Waals surface area contributed by atoms with Gasteiger partial charge in [-0.15, -0.1) is 24.0 Å². The molecule has 0 heterocycles. The third-order valence-electron chi connectivity index (χ3n) is 3.95. The van der Waals surface area contributed by atoms with Gasteiger partial charge in [-0.2, -0.15) is 0 Å². The van der Waals surface area contributed by atoms with Crippen LogP contribution in [0.15, 0.2) is 54.6 Å². The van der Waals surface area contributed by atoms with Gasteiger partial charge in [0.15, 0.2) is 5.17 Å². The number of carbonyl (C=O) groups is 1. The number of thioether (sulfide) groups is 1. The first-order valence-corrected chi connectivity index (χ1v) is 10.7. The predicted octanol–water partition coefficient (Wildman–Crippen LogP) is 6.49. The molecule has 0 atom stereocenters. The molecule has 162 valence electrons. The van der Waals surface area contributed by atoms with E-state index in [0.717, 1.165) is 36.2 Å². The number of carbonyl (C=O) groups excluding carboxylic acids is 1. The number of rotatable bonds is 10. The van der Waals surface area contributed by atoms with Crippen LogP contribution in [0.1, 0.15) is 31.7 Å². The molecule has 0 saturated heterocycles. The van der Waals surface area contributed by atoms with E-state index in [4.69, 9.17) is 32.2 Å². The van der Waals surface area contributed by atoms with Crippen LogP contribution in [0.2, 0.25) is 5.02 Å². The van der Waals surface area contributed by atoms with E-state index < -0.39 is 0 Å². The Morgan fingerprint density at radius 2 is 1.70 bits per heavy atom. The molecular formula is C22H26ClIN2O3S. The zero-order chi connectivity index (χ0) is 21.1. The van der Waals surface area contributed by atoms with Gasteiger partial charge in [-0.05, 0) is 73.7 Å². The van der Waals surface area contributed by atoms with Crippen LogP contribution in [0.25, 0.3) is 5.57 Å². The minimum atomic E-state index is -0.345. The minimum absolute atomic E-state index is 0. The van der Waals surface area contributed by atoms with Crippen molar-refractivity contribution in [3.63, 3.8) is 0 Å². The molecule has 8 heteroatoms. The van der Waals surface area contributed by atoms with Crippen molar-refractivity contribution in [3.8, 4) is 11.5 Å². The van der Waals surface area contributed by atoms with Crippen LogP contribution < -0.4 is 10.5 Å². The normalized spacial score (nSPS) is 10.8. The van der Waals surface area contributed by atoms with Crippen molar-refractivity contribution in [1.82, 2.24) is 0 Å². The van der Waals surface area contributed by atoms with E-state index in [1.165, 1.54) is 11.8 Å². The fraction of sp³-hybridized carbons (Fsp3) is 0.273. The summed E-state index contributed by atoms with van der Waals surface area (Å²) in [4.78, 5) is 12.0. The lowest BCUT2D eigenvalue weighted by atomic mass is 10.00. The number of nitrogens with one attached hydrogen (secondary N) is 1. The number of nitrogens with two attached hydrogens (primary N) is 1. The van der Waals surface area contributed by atoms with Crippen LogP contribution in [0.3, 0.4) is 0 Å². The Morgan fingerprint density at radius 1 is 1.10 bits per heavy atom. The Bertz CT molecular complexity index is 842. The highest BCUT2D eigenvalue weighted by Crippen LogP contribution is 2.27. The van der Waals surface area contributed by atoms with E-state index in [2.05, 4.69) is 0 Å². The number of ether oxygens (including phenoxy) is 2. The molecule has 0 amide bonds. The minimum Gasteiger partial charge on any atom is -0.463 e. The molecule has 0 aliphatic carbocycles. The molecule has 5 nitrogen and oxygen atoms in total. The first-order chi connectivity index (χ1) is 14.0. The fourth-order valence-electron chi connectivity index (χ4n) is 2.60. The van der Waals surface area contributed by atoms with E-state index in [-0.39, 0.29) is 35.1 Å². The van der Waals surface area contributed by atoms with Gasteiger partial charge < -0.3 is 15.2 Å². The average Bonchev–Trinajstić information content (AvgIpc) is 2.69. The second-order valence-electron chi connectivity index (χ2n) is 6.17. The van der Waals surface area contributed by atoms with Crippen molar-refractivity contribution in [3.05, 3.63) is 65.2 Å². The second kappa shape index (κ2) is 14.3. The van der Waals surface area contributed by atoms with Gasteiger partial charge in [0.1, 0.15) is 11.5 Å². The van der Waals surface area contributed by atoms with Crippen molar-refractivity contribution < 1.29 is 14.3 Å². The van der Waals surface area contributed by atoms with E-state index >= 15 is 0 Å². The molecule has 2 aromatic rings. The van der Waals surface area contributed by atoms with Gasteiger partial charge >= 0.3 is 5.97 Å². The lowest BCUT2D eigenvalue weighted by molar-refractivity contribution is -0.137. The lowest BCUT2D eigenvalue weighted by Gasteiger charge is -2.10. The Kier molecular flexibility index (Phi) is 12.6. The number of allylic oxidation sites excluding steroid dienone is 1. The van der Waals surface area contributed by atoms with Gasteiger partial charge in [0.25, 0.3) is 0 Å². The Morgan fingerprint density at radius 3 is 2.27 bits per heavy atom. The summed E-state index contributed by atoms with van der Waals surface area (Å²) in [7, 11) is 0. The van der Waals surface area contributed by atoms with Crippen molar-refractivity contribution in [1.29, 1.82) is 5.41 Å². The predicted molar refractivity (Wildman–Crippen MR) is 136 cm³/mol. The molecule has 0 bridgehead atoms. The second-order valence-corrected chi connectivity index (χ2v) is 7.74. The smallest absolute Gasteiger partial charge is 0.331 e. The van der Waals surface area contributed by atoms with Crippen LogP contribution in [-0.4, -0.2) is 23.5 Å². The molecule has 2 rings (SSSR count). The Balaban J connectivity index is 0.00000450. The zero-order valence-corrected chi connectivity index (χ0v) is 20.6. The summed E-state index contributed by atoms with van der Waals surface area (Å²) >= 11 is 7.22. The number of amidine groups is 1. The van der Waals surface area contributed by atoms with E-state index in [1.807, 2.05) is 24.3 Å². The third-order valence-corrected chi connectivity index (χ3v) is 5.01. The molecule has 0 radical (unpaired) electrons. The number of hydrogen-bond donors (Lipinski definition) is 2. The largest absolute Gasteiger partial charge is 0.463 e. The third kappa shape index (κ3) is 9.86.